The van der Waals surface area contributed by atoms with Gasteiger partial charge < -0.3 is 10.2 Å². The molecule has 3 atom stereocenters. The Morgan fingerprint density at radius 2 is 1.96 bits per heavy atom. The van der Waals surface area contributed by atoms with Crippen LogP contribution in [-0.4, -0.2) is 31.3 Å². The number of anilines is 1. The first kappa shape index (κ1) is 16.2. The lowest BCUT2D eigenvalue weighted by atomic mass is 9.75. The van der Waals surface area contributed by atoms with Gasteiger partial charge in [-0.05, 0) is 44.2 Å². The zero-order valence-electron chi connectivity index (χ0n) is 13.9. The second kappa shape index (κ2) is 7.26. The number of carbonyl (C=O) groups is 2. The van der Waals surface area contributed by atoms with Gasteiger partial charge in [-0.15, -0.1) is 0 Å². The minimum absolute atomic E-state index is 0.0195. The highest BCUT2D eigenvalue weighted by atomic mass is 16.2. The maximum Gasteiger partial charge on any atom is 0.279 e. The van der Waals surface area contributed by atoms with E-state index in [0.29, 0.717) is 12.1 Å². The van der Waals surface area contributed by atoms with Crippen molar-refractivity contribution in [1.29, 1.82) is 0 Å². The molecule has 23 heavy (non-hydrogen) atoms. The number of piperidine rings is 1. The molecule has 4 nitrogen and oxygen atoms in total. The number of quaternary nitrogens is 1. The number of carbonyl (C=O) groups excluding carboxylic acids is 2. The van der Waals surface area contributed by atoms with Gasteiger partial charge in [0.05, 0.1) is 13.1 Å². The van der Waals surface area contributed by atoms with Gasteiger partial charge in [-0.25, -0.2) is 0 Å². The van der Waals surface area contributed by atoms with Gasteiger partial charge in [0.15, 0.2) is 12.3 Å². The highest BCUT2D eigenvalue weighted by Gasteiger charge is 2.34. The van der Waals surface area contributed by atoms with Crippen molar-refractivity contribution in [2.24, 2.45) is 11.8 Å². The largest absolute Gasteiger partial charge is 0.327 e. The van der Waals surface area contributed by atoms with Crippen molar-refractivity contribution in [2.75, 3.05) is 25.0 Å². The lowest BCUT2D eigenvalue weighted by Gasteiger charge is -2.38. The molecular weight excluding hydrogens is 288 g/mol. The van der Waals surface area contributed by atoms with Gasteiger partial charge in [0.25, 0.3) is 5.91 Å². The maximum absolute atomic E-state index is 12.3. The van der Waals surface area contributed by atoms with E-state index in [9.17, 15) is 9.59 Å². The van der Waals surface area contributed by atoms with Crippen molar-refractivity contribution < 1.29 is 14.5 Å². The molecule has 3 rings (SSSR count). The molecule has 1 amide bonds. The van der Waals surface area contributed by atoms with Gasteiger partial charge in [-0.1, -0.05) is 25.0 Å². The van der Waals surface area contributed by atoms with Crippen LogP contribution in [0.2, 0.25) is 0 Å². The number of hydrogen-bond acceptors (Lipinski definition) is 2. The Kier molecular flexibility index (Phi) is 5.11. The molecule has 1 aliphatic carbocycles. The first-order chi connectivity index (χ1) is 11.1. The standard InChI is InChI=1S/C19H26N2O2/c1-14(22)16-7-4-8-18(11-16)20-19(23)13-21-10-9-15-5-2-3-6-17(15)12-21/h4,7-8,11,15,17H,2-3,5-6,9-10,12-13H2,1H3,(H,20,23)/p+1/t15-,17+/m0/s1. The fraction of sp³-hybridized carbons (Fsp3) is 0.579. The molecular formula is C19H27N2O2+. The van der Waals surface area contributed by atoms with E-state index < -0.39 is 0 Å². The maximum atomic E-state index is 12.3. The highest BCUT2D eigenvalue weighted by molar-refractivity contribution is 5.97. The molecule has 0 bridgehead atoms. The Morgan fingerprint density at radius 1 is 1.17 bits per heavy atom. The minimum atomic E-state index is 0.0195. The number of fused-ring (bicyclic) bond motifs is 1. The van der Waals surface area contributed by atoms with Gasteiger partial charge in [0.1, 0.15) is 0 Å². The van der Waals surface area contributed by atoms with Gasteiger partial charge in [-0.2, -0.15) is 0 Å². The lowest BCUT2D eigenvalue weighted by molar-refractivity contribution is -0.902. The average Bonchev–Trinajstić information content (AvgIpc) is 2.55. The third-order valence-electron chi connectivity index (χ3n) is 5.45. The molecule has 1 unspecified atom stereocenters. The lowest BCUT2D eigenvalue weighted by Crippen LogP contribution is -3.15. The summed E-state index contributed by atoms with van der Waals surface area (Å²) in [4.78, 5) is 25.1. The van der Waals surface area contributed by atoms with E-state index in [2.05, 4.69) is 5.32 Å². The van der Waals surface area contributed by atoms with Crippen molar-refractivity contribution in [3.8, 4) is 0 Å². The molecule has 1 aromatic carbocycles. The van der Waals surface area contributed by atoms with Crippen LogP contribution in [0.25, 0.3) is 0 Å². The summed E-state index contributed by atoms with van der Waals surface area (Å²) in [6, 6.07) is 7.18. The Morgan fingerprint density at radius 3 is 2.74 bits per heavy atom. The molecule has 1 aromatic rings. The molecule has 0 radical (unpaired) electrons. The summed E-state index contributed by atoms with van der Waals surface area (Å²) in [7, 11) is 0. The first-order valence-corrected chi connectivity index (χ1v) is 8.86. The summed E-state index contributed by atoms with van der Waals surface area (Å²) in [6.45, 7) is 4.33. The van der Waals surface area contributed by atoms with Crippen molar-refractivity contribution in [3.05, 3.63) is 29.8 Å². The molecule has 1 aliphatic heterocycles. The quantitative estimate of drug-likeness (QED) is 0.834. The van der Waals surface area contributed by atoms with E-state index in [4.69, 9.17) is 0 Å². The Balaban J connectivity index is 1.53. The Hall–Kier alpha value is -1.68. The topological polar surface area (TPSA) is 50.6 Å². The van der Waals surface area contributed by atoms with E-state index >= 15 is 0 Å². The molecule has 0 spiro atoms. The number of Topliss-reactive ketones (excluding diaryl/α,β-unsaturated/α-hetero) is 1. The number of nitrogens with one attached hydrogen (secondary N) is 2. The zero-order chi connectivity index (χ0) is 16.2. The number of hydrogen-bond donors (Lipinski definition) is 2. The van der Waals surface area contributed by atoms with Gasteiger partial charge >= 0.3 is 0 Å². The summed E-state index contributed by atoms with van der Waals surface area (Å²) >= 11 is 0. The average molecular weight is 315 g/mol. The summed E-state index contributed by atoms with van der Waals surface area (Å²) in [5, 5.41) is 2.94. The van der Waals surface area contributed by atoms with E-state index in [1.54, 1.807) is 19.1 Å². The van der Waals surface area contributed by atoms with Crippen LogP contribution in [0, 0.1) is 11.8 Å². The highest BCUT2D eigenvalue weighted by Crippen LogP contribution is 2.32. The second-order valence-electron chi connectivity index (χ2n) is 7.16. The smallest absolute Gasteiger partial charge is 0.279 e. The van der Waals surface area contributed by atoms with Crippen LogP contribution >= 0.6 is 0 Å². The van der Waals surface area contributed by atoms with Crippen molar-refractivity contribution in [3.63, 3.8) is 0 Å². The van der Waals surface area contributed by atoms with E-state index in [0.717, 1.165) is 30.6 Å². The van der Waals surface area contributed by atoms with Crippen LogP contribution in [0.3, 0.4) is 0 Å². The summed E-state index contributed by atoms with van der Waals surface area (Å²) < 4.78 is 0. The molecule has 1 heterocycles. The van der Waals surface area contributed by atoms with Crippen LogP contribution in [0.15, 0.2) is 24.3 Å². The second-order valence-corrected chi connectivity index (χ2v) is 7.16. The normalized spacial score (nSPS) is 27.1. The van der Waals surface area contributed by atoms with Gasteiger partial charge in [0, 0.05) is 17.2 Å². The van der Waals surface area contributed by atoms with Gasteiger partial charge in [-0.3, -0.25) is 9.59 Å². The van der Waals surface area contributed by atoms with Crippen LogP contribution in [0.1, 0.15) is 49.4 Å². The van der Waals surface area contributed by atoms with Crippen LogP contribution < -0.4 is 10.2 Å². The number of likely N-dealkylation sites (tertiary alicyclic amines) is 1. The predicted molar refractivity (Wildman–Crippen MR) is 90.7 cm³/mol. The fourth-order valence-electron chi connectivity index (χ4n) is 4.20. The number of amides is 1. The molecule has 124 valence electrons. The van der Waals surface area contributed by atoms with E-state index in [1.165, 1.54) is 37.0 Å². The molecule has 1 saturated carbocycles. The minimum Gasteiger partial charge on any atom is -0.327 e. The molecule has 2 fully saturated rings. The fourth-order valence-corrected chi connectivity index (χ4v) is 4.20. The Bertz CT molecular complexity index is 584. The van der Waals surface area contributed by atoms with Crippen molar-refractivity contribution in [1.82, 2.24) is 0 Å². The van der Waals surface area contributed by atoms with Crippen molar-refractivity contribution >= 4 is 17.4 Å². The Labute approximate surface area is 138 Å². The van der Waals surface area contributed by atoms with Crippen LogP contribution in [0.4, 0.5) is 5.69 Å². The zero-order valence-corrected chi connectivity index (χ0v) is 13.9. The van der Waals surface area contributed by atoms with E-state index in [-0.39, 0.29) is 11.7 Å². The molecule has 2 aliphatic rings. The monoisotopic (exact) mass is 315 g/mol. The van der Waals surface area contributed by atoms with E-state index in [1.807, 2.05) is 12.1 Å². The summed E-state index contributed by atoms with van der Waals surface area (Å²) in [5.74, 6) is 1.80. The summed E-state index contributed by atoms with van der Waals surface area (Å²) in [5.41, 5.74) is 1.35. The van der Waals surface area contributed by atoms with Gasteiger partial charge in [0.2, 0.25) is 0 Å². The molecule has 4 heteroatoms. The molecule has 2 N–H and O–H groups in total. The number of rotatable bonds is 4. The SMILES string of the molecule is CC(=O)c1cccc(NC(=O)C[NH+]2CC[C@@H]3CCCC[C@@H]3C2)c1. The van der Waals surface area contributed by atoms with Crippen molar-refractivity contribution in [2.45, 2.75) is 39.0 Å². The predicted octanol–water partition coefficient (Wildman–Crippen LogP) is 1.92. The van der Waals surface area contributed by atoms with Crippen LogP contribution in [0.5, 0.6) is 0 Å². The third-order valence-corrected chi connectivity index (χ3v) is 5.45. The van der Waals surface area contributed by atoms with Crippen LogP contribution in [-0.2, 0) is 4.79 Å². The first-order valence-electron chi connectivity index (χ1n) is 8.86. The molecule has 1 saturated heterocycles. The molecule has 0 aromatic heterocycles. The summed E-state index contributed by atoms with van der Waals surface area (Å²) in [6.07, 6.45) is 6.76. The number of benzene rings is 1. The number of ketones is 1. The third kappa shape index (κ3) is 4.20.